The van der Waals surface area contributed by atoms with Gasteiger partial charge in [-0.3, -0.25) is 14.5 Å². The highest BCUT2D eigenvalue weighted by Gasteiger charge is 2.38. The van der Waals surface area contributed by atoms with Crippen LogP contribution in [0.2, 0.25) is 5.02 Å². The largest absolute Gasteiger partial charge is 0.489 e. The number of rotatable bonds is 6. The molecule has 1 aliphatic rings. The summed E-state index contributed by atoms with van der Waals surface area (Å²) in [4.78, 5) is 25.2. The molecule has 1 saturated heterocycles. The molecule has 0 unspecified atom stereocenters. The predicted octanol–water partition coefficient (Wildman–Crippen LogP) is 4.55. The monoisotopic (exact) mass is 375 g/mol. The highest BCUT2D eigenvalue weighted by Crippen LogP contribution is 2.29. The van der Waals surface area contributed by atoms with Crippen molar-refractivity contribution in [3.8, 4) is 5.75 Å². The summed E-state index contributed by atoms with van der Waals surface area (Å²) < 4.78 is 5.75. The smallest absolute Gasteiger partial charge is 0.289 e. The lowest BCUT2D eigenvalue weighted by Crippen LogP contribution is -2.31. The molecule has 1 fully saturated rings. The molecule has 130 valence electrons. The zero-order chi connectivity index (χ0) is 17.8. The Morgan fingerprint density at radius 3 is 2.48 bits per heavy atom. The first-order valence-electron chi connectivity index (χ1n) is 8.05. The van der Waals surface area contributed by atoms with Crippen molar-refractivity contribution in [1.29, 1.82) is 0 Å². The summed E-state index contributed by atoms with van der Waals surface area (Å²) in [6.45, 7) is 2.63. The van der Waals surface area contributed by atoms with E-state index in [1.165, 1.54) is 4.90 Å². The molecule has 0 bridgehead atoms. The van der Waals surface area contributed by atoms with Gasteiger partial charge in [-0.2, -0.15) is 0 Å². The maximum absolute atomic E-state index is 12.2. The number of hydrogen-bond donors (Lipinski definition) is 0. The number of carbonyl (C=O) groups excluding carboxylic acids is 2. The third-order valence-electron chi connectivity index (χ3n) is 4.02. The summed E-state index contributed by atoms with van der Waals surface area (Å²) in [7, 11) is 0. The van der Waals surface area contributed by atoms with Crippen LogP contribution in [0.15, 0.2) is 48.5 Å². The van der Waals surface area contributed by atoms with E-state index < -0.39 is 0 Å². The predicted molar refractivity (Wildman–Crippen MR) is 100 cm³/mol. The fourth-order valence-corrected chi connectivity index (χ4v) is 3.91. The molecule has 0 aromatic heterocycles. The highest BCUT2D eigenvalue weighted by molar-refractivity contribution is 8.15. The van der Waals surface area contributed by atoms with E-state index >= 15 is 0 Å². The van der Waals surface area contributed by atoms with Gasteiger partial charge in [0, 0.05) is 17.1 Å². The lowest BCUT2D eigenvalue weighted by atomic mass is 10.1. The number of ether oxygens (including phenoxy) is 1. The average molecular weight is 376 g/mol. The normalized spacial score (nSPS) is 17.2. The second-order valence-corrected chi connectivity index (χ2v) is 7.24. The first kappa shape index (κ1) is 17.8. The van der Waals surface area contributed by atoms with Crippen LogP contribution in [-0.4, -0.2) is 27.8 Å². The van der Waals surface area contributed by atoms with Crippen molar-refractivity contribution >= 4 is 34.5 Å². The topological polar surface area (TPSA) is 46.6 Å². The molecule has 0 aliphatic carbocycles. The number of halogens is 1. The molecule has 2 aromatic rings. The van der Waals surface area contributed by atoms with Crippen molar-refractivity contribution in [2.24, 2.45) is 0 Å². The van der Waals surface area contributed by atoms with Crippen LogP contribution in [0.25, 0.3) is 0 Å². The Labute approximate surface area is 156 Å². The number of hydrogen-bond acceptors (Lipinski definition) is 4. The Balaban J connectivity index is 1.58. The Bertz CT molecular complexity index is 778. The zero-order valence-corrected chi connectivity index (χ0v) is 15.3. The minimum Gasteiger partial charge on any atom is -0.489 e. The third-order valence-corrected chi connectivity index (χ3v) is 5.46. The van der Waals surface area contributed by atoms with Crippen LogP contribution in [0.4, 0.5) is 4.79 Å². The maximum atomic E-state index is 12.2. The van der Waals surface area contributed by atoms with Crippen LogP contribution < -0.4 is 4.74 Å². The number of thioether (sulfide) groups is 1. The number of amides is 2. The molecule has 1 atom stereocenters. The van der Waals surface area contributed by atoms with E-state index in [0.717, 1.165) is 28.6 Å². The molecule has 1 aliphatic heterocycles. The van der Waals surface area contributed by atoms with E-state index in [1.807, 2.05) is 55.5 Å². The first-order chi connectivity index (χ1) is 12.1. The lowest BCUT2D eigenvalue weighted by molar-refractivity contribution is -0.126. The number of imide groups is 1. The van der Waals surface area contributed by atoms with Gasteiger partial charge >= 0.3 is 0 Å². The molecule has 2 aromatic carbocycles. The summed E-state index contributed by atoms with van der Waals surface area (Å²) in [6.07, 6.45) is 0.538. The van der Waals surface area contributed by atoms with Gasteiger partial charge in [-0.15, -0.1) is 0 Å². The van der Waals surface area contributed by atoms with E-state index in [9.17, 15) is 9.59 Å². The van der Waals surface area contributed by atoms with Gasteiger partial charge in [0.2, 0.25) is 5.91 Å². The molecule has 0 radical (unpaired) electrons. The fourth-order valence-electron chi connectivity index (χ4n) is 2.63. The summed E-state index contributed by atoms with van der Waals surface area (Å²) in [6, 6.07) is 15.2. The Kier molecular flexibility index (Phi) is 5.66. The maximum Gasteiger partial charge on any atom is 0.289 e. The first-order valence-corrected chi connectivity index (χ1v) is 9.31. The van der Waals surface area contributed by atoms with Gasteiger partial charge in [-0.1, -0.05) is 53.7 Å². The van der Waals surface area contributed by atoms with Crippen molar-refractivity contribution in [3.63, 3.8) is 0 Å². The number of nitrogens with zero attached hydrogens (tertiary/aromatic N) is 1. The van der Waals surface area contributed by atoms with E-state index in [-0.39, 0.29) is 16.4 Å². The van der Waals surface area contributed by atoms with Crippen LogP contribution in [-0.2, 0) is 17.8 Å². The van der Waals surface area contributed by atoms with E-state index in [0.29, 0.717) is 24.6 Å². The van der Waals surface area contributed by atoms with Crippen LogP contribution in [0, 0.1) is 0 Å². The molecule has 0 saturated carbocycles. The number of carbonyl (C=O) groups is 2. The van der Waals surface area contributed by atoms with Gasteiger partial charge in [0.15, 0.2) is 0 Å². The molecule has 4 nitrogen and oxygen atoms in total. The average Bonchev–Trinajstić information content (AvgIpc) is 2.88. The molecule has 0 N–H and O–H groups in total. The minimum atomic E-state index is -0.331. The van der Waals surface area contributed by atoms with Gasteiger partial charge in [0.25, 0.3) is 5.24 Å². The van der Waals surface area contributed by atoms with Gasteiger partial charge in [0.1, 0.15) is 12.4 Å². The molecule has 6 heteroatoms. The third kappa shape index (κ3) is 4.17. The molecule has 3 rings (SSSR count). The van der Waals surface area contributed by atoms with E-state index in [4.69, 9.17) is 16.3 Å². The molecule has 0 spiro atoms. The fraction of sp³-hybridized carbons (Fsp3) is 0.263. The van der Waals surface area contributed by atoms with Crippen molar-refractivity contribution in [3.05, 3.63) is 64.7 Å². The summed E-state index contributed by atoms with van der Waals surface area (Å²) in [5.74, 6) is 0.636. The SMILES string of the molecule is CCN1C(=O)S[C@@H](Cc2ccc(OCc3ccccc3Cl)cc2)C1=O. The summed E-state index contributed by atoms with van der Waals surface area (Å²) in [5.41, 5.74) is 1.93. The van der Waals surface area contributed by atoms with Crippen molar-refractivity contribution in [2.75, 3.05) is 6.54 Å². The van der Waals surface area contributed by atoms with Crippen molar-refractivity contribution in [2.45, 2.75) is 25.2 Å². The van der Waals surface area contributed by atoms with Gasteiger partial charge in [-0.05, 0) is 37.1 Å². The van der Waals surface area contributed by atoms with Crippen molar-refractivity contribution < 1.29 is 14.3 Å². The molecule has 25 heavy (non-hydrogen) atoms. The van der Waals surface area contributed by atoms with Crippen LogP contribution in [0.5, 0.6) is 5.75 Å². The molecule has 2 amide bonds. The lowest BCUT2D eigenvalue weighted by Gasteiger charge is -2.11. The quantitative estimate of drug-likeness (QED) is 0.743. The summed E-state index contributed by atoms with van der Waals surface area (Å²) >= 11 is 7.22. The molecular formula is C19H18ClNO3S. The Hall–Kier alpha value is -1.98. The Morgan fingerprint density at radius 1 is 1.12 bits per heavy atom. The summed E-state index contributed by atoms with van der Waals surface area (Å²) in [5, 5.41) is 0.195. The van der Waals surface area contributed by atoms with Gasteiger partial charge in [-0.25, -0.2) is 0 Å². The zero-order valence-electron chi connectivity index (χ0n) is 13.8. The molecule has 1 heterocycles. The van der Waals surface area contributed by atoms with E-state index in [1.54, 1.807) is 0 Å². The standard InChI is InChI=1S/C19H18ClNO3S/c1-2-21-18(22)17(25-19(21)23)11-13-7-9-15(10-8-13)24-12-14-5-3-4-6-16(14)20/h3-10,17H,2,11-12H2,1H3/t17-/m0/s1. The number of benzene rings is 2. The highest BCUT2D eigenvalue weighted by atomic mass is 35.5. The second kappa shape index (κ2) is 7.93. The van der Waals surface area contributed by atoms with Gasteiger partial charge in [0.05, 0.1) is 5.25 Å². The molecular weight excluding hydrogens is 358 g/mol. The minimum absolute atomic E-state index is 0.100. The van der Waals surface area contributed by atoms with Crippen LogP contribution >= 0.6 is 23.4 Å². The second-order valence-electron chi connectivity index (χ2n) is 5.68. The van der Waals surface area contributed by atoms with Gasteiger partial charge < -0.3 is 4.74 Å². The van der Waals surface area contributed by atoms with Crippen LogP contribution in [0.1, 0.15) is 18.1 Å². The Morgan fingerprint density at radius 2 is 1.84 bits per heavy atom. The van der Waals surface area contributed by atoms with Crippen molar-refractivity contribution in [1.82, 2.24) is 4.90 Å². The van der Waals surface area contributed by atoms with Crippen LogP contribution in [0.3, 0.4) is 0 Å². The van der Waals surface area contributed by atoms with E-state index in [2.05, 4.69) is 0 Å².